The fourth-order valence-corrected chi connectivity index (χ4v) is 7.56. The molecule has 2 aromatic rings. The number of carbonyl (C=O) groups is 8. The van der Waals surface area contributed by atoms with Gasteiger partial charge in [0.05, 0.1) is 18.6 Å². The van der Waals surface area contributed by atoms with Crippen LogP contribution in [0.25, 0.3) is 0 Å². The maximum atomic E-state index is 14.3. The van der Waals surface area contributed by atoms with Gasteiger partial charge in [-0.05, 0) is 87.2 Å². The van der Waals surface area contributed by atoms with Crippen LogP contribution in [0.15, 0.2) is 54.6 Å². The second kappa shape index (κ2) is 27.7. The van der Waals surface area contributed by atoms with Crippen LogP contribution in [0.4, 0.5) is 0 Å². The Morgan fingerprint density at radius 2 is 1.33 bits per heavy atom. The van der Waals surface area contributed by atoms with Gasteiger partial charge in [-0.2, -0.15) is 0 Å². The highest BCUT2D eigenvalue weighted by molar-refractivity contribution is 5.96. The number of hydrogen-bond donors (Lipinski definition) is 12. The Morgan fingerprint density at radius 3 is 1.91 bits per heavy atom. The fourth-order valence-electron chi connectivity index (χ4n) is 7.56. The molecular formula is C47H73N11O9. The molecule has 0 spiro atoms. The van der Waals surface area contributed by atoms with E-state index >= 15 is 0 Å². The number of nitrogens with two attached hydrogens (primary N) is 3. The Labute approximate surface area is 393 Å². The van der Waals surface area contributed by atoms with Crippen LogP contribution in [-0.2, 0) is 51.2 Å². The summed E-state index contributed by atoms with van der Waals surface area (Å²) in [7, 11) is 0. The van der Waals surface area contributed by atoms with Crippen LogP contribution < -0.4 is 59.7 Å². The van der Waals surface area contributed by atoms with Crippen LogP contribution in [0.5, 0.6) is 0 Å². The van der Waals surface area contributed by atoms with E-state index in [2.05, 4.69) is 42.5 Å². The third-order valence-electron chi connectivity index (χ3n) is 11.4. The smallest absolute Gasteiger partial charge is 0.245 e. The van der Waals surface area contributed by atoms with Gasteiger partial charge in [0.15, 0.2) is 0 Å². The first kappa shape index (κ1) is 55.5. The molecule has 15 N–H and O–H groups in total. The highest BCUT2D eigenvalue weighted by Gasteiger charge is 2.38. The van der Waals surface area contributed by atoms with Crippen LogP contribution >= 0.6 is 0 Å². The quantitative estimate of drug-likeness (QED) is 0.0814. The van der Waals surface area contributed by atoms with E-state index in [1.165, 1.54) is 6.92 Å². The monoisotopic (exact) mass is 936 g/mol. The molecule has 1 saturated heterocycles. The molecule has 0 aliphatic carbocycles. The Bertz CT molecular complexity index is 1950. The van der Waals surface area contributed by atoms with Crippen molar-refractivity contribution in [1.29, 1.82) is 0 Å². The molecule has 1 heterocycles. The number of nitrogens with one attached hydrogen (secondary N) is 8. The lowest BCUT2D eigenvalue weighted by atomic mass is 9.94. The molecule has 1 aliphatic heterocycles. The van der Waals surface area contributed by atoms with Crippen molar-refractivity contribution in [2.75, 3.05) is 32.7 Å². The van der Waals surface area contributed by atoms with Gasteiger partial charge in [-0.1, -0.05) is 82.3 Å². The van der Waals surface area contributed by atoms with Crippen LogP contribution in [0.1, 0.15) is 89.3 Å². The van der Waals surface area contributed by atoms with E-state index < -0.39 is 89.2 Å². The minimum atomic E-state index is -1.69. The summed E-state index contributed by atoms with van der Waals surface area (Å²) in [5.41, 5.74) is 18.5. The topological polar surface area (TPSA) is 331 Å². The van der Waals surface area contributed by atoms with Gasteiger partial charge < -0.3 is 69.6 Å². The van der Waals surface area contributed by atoms with Crippen molar-refractivity contribution in [3.8, 4) is 0 Å². The van der Waals surface area contributed by atoms with Gasteiger partial charge in [0.2, 0.25) is 41.4 Å². The van der Waals surface area contributed by atoms with Crippen molar-refractivity contribution in [1.82, 2.24) is 42.5 Å². The molecule has 370 valence electrons. The van der Waals surface area contributed by atoms with Crippen LogP contribution in [0, 0.1) is 5.92 Å². The molecule has 0 radical (unpaired) electrons. The van der Waals surface area contributed by atoms with Gasteiger partial charge in [-0.25, -0.2) is 0 Å². The number of aliphatic hydroxyl groups excluding tert-OH is 1. The number of rotatable bonds is 16. The Kier molecular flexibility index (Phi) is 23.0. The third kappa shape index (κ3) is 18.1. The standard InChI is InChI=1S/C47H73N11O9/c1-28(2)23-37-45(66)58-47(27-59,18-21-50)26-52-34(15-19-48)41(62)57-40(30(5)60)46(67)51-22-17-36(53-39(61)25-32-11-13-33(14-12-32)29(3)4)43(64)54-35(16-20-49)42(63)56-38(44(65)55-37)24-31-9-7-6-8-10-31/h6-14,27-30,34-38,40,52,60H,15-26,48-50H2,1-5H3,(H,51,67)(H,53,61)(H,54,64)(H,55,65)(H,56,63)(H,57,62)(H,58,66)/t30-,34+,35+,36+,37+,38-,40+,47-/m1/s1. The lowest BCUT2D eigenvalue weighted by Gasteiger charge is -2.34. The summed E-state index contributed by atoms with van der Waals surface area (Å²) in [5, 5.41) is 32.4. The molecule has 67 heavy (non-hydrogen) atoms. The number of benzene rings is 2. The minimum Gasteiger partial charge on any atom is -0.391 e. The molecule has 2 aromatic carbocycles. The Morgan fingerprint density at radius 1 is 0.731 bits per heavy atom. The zero-order valence-corrected chi connectivity index (χ0v) is 39.4. The second-order valence-corrected chi connectivity index (χ2v) is 17.9. The number of aliphatic hydroxyl groups is 1. The molecule has 1 fully saturated rings. The van der Waals surface area contributed by atoms with Crippen LogP contribution in [0.3, 0.4) is 0 Å². The van der Waals surface area contributed by atoms with Crippen molar-refractivity contribution < 1.29 is 43.5 Å². The first-order valence-corrected chi connectivity index (χ1v) is 23.1. The highest BCUT2D eigenvalue weighted by atomic mass is 16.3. The van der Waals surface area contributed by atoms with Gasteiger partial charge in [0.1, 0.15) is 42.0 Å². The van der Waals surface area contributed by atoms with Gasteiger partial charge >= 0.3 is 0 Å². The average molecular weight is 936 g/mol. The van der Waals surface area contributed by atoms with E-state index in [4.69, 9.17) is 17.2 Å². The molecule has 0 saturated carbocycles. The summed E-state index contributed by atoms with van der Waals surface area (Å²) in [6, 6.07) is 8.47. The molecule has 0 aromatic heterocycles. The maximum Gasteiger partial charge on any atom is 0.245 e. The largest absolute Gasteiger partial charge is 0.391 e. The van der Waals surface area contributed by atoms with Crippen LogP contribution in [-0.4, -0.2) is 133 Å². The molecule has 0 bridgehead atoms. The first-order valence-electron chi connectivity index (χ1n) is 23.1. The SMILES string of the molecule is CC(C)C[C@@H]1NC(=O)[C@@H](Cc2ccccc2)NC(=O)[C@H](CCN)NC(=O)[C@@H](NC(=O)Cc2ccc(C(C)C)cc2)CCNC(=O)[C@H]([C@@H](C)O)NC(=O)[C@H](CCN)NC[C@@](C=O)(CCN)NC1=O. The summed E-state index contributed by atoms with van der Waals surface area (Å²) in [6.07, 6.45) is -1.29. The number of carbonyl (C=O) groups excluding carboxylic acids is 8. The van der Waals surface area contributed by atoms with Crippen molar-refractivity contribution in [2.45, 2.75) is 133 Å². The van der Waals surface area contributed by atoms with E-state index in [-0.39, 0.29) is 89.5 Å². The second-order valence-electron chi connectivity index (χ2n) is 17.9. The van der Waals surface area contributed by atoms with Gasteiger partial charge in [0, 0.05) is 19.5 Å². The van der Waals surface area contributed by atoms with Crippen LogP contribution in [0.2, 0.25) is 0 Å². The Hall–Kier alpha value is -5.80. The minimum absolute atomic E-state index is 0.00948. The van der Waals surface area contributed by atoms with E-state index in [1.54, 1.807) is 30.3 Å². The first-order chi connectivity index (χ1) is 31.8. The lowest BCUT2D eigenvalue weighted by Crippen LogP contribution is -2.64. The van der Waals surface area contributed by atoms with Gasteiger partial charge in [-0.15, -0.1) is 0 Å². The lowest BCUT2D eigenvalue weighted by molar-refractivity contribution is -0.135. The van der Waals surface area contributed by atoms with E-state index in [1.807, 2.05) is 52.0 Å². The molecular weight excluding hydrogens is 863 g/mol. The molecule has 8 atom stereocenters. The molecule has 20 heteroatoms. The molecule has 3 rings (SSSR count). The molecule has 20 nitrogen and oxygen atoms in total. The normalized spacial score (nSPS) is 24.9. The predicted octanol–water partition coefficient (Wildman–Crippen LogP) is -1.98. The molecule has 7 amide bonds. The van der Waals surface area contributed by atoms with Crippen molar-refractivity contribution in [3.63, 3.8) is 0 Å². The zero-order chi connectivity index (χ0) is 49.7. The summed E-state index contributed by atoms with van der Waals surface area (Å²) < 4.78 is 0. The average Bonchev–Trinajstić information content (AvgIpc) is 3.28. The maximum absolute atomic E-state index is 14.3. The van der Waals surface area contributed by atoms with Gasteiger partial charge in [0.25, 0.3) is 0 Å². The summed E-state index contributed by atoms with van der Waals surface area (Å²) in [5.74, 6) is -5.05. The highest BCUT2D eigenvalue weighted by Crippen LogP contribution is 2.16. The number of hydrogen-bond acceptors (Lipinski definition) is 13. The predicted molar refractivity (Wildman–Crippen MR) is 253 cm³/mol. The zero-order valence-electron chi connectivity index (χ0n) is 39.4. The van der Waals surface area contributed by atoms with Crippen molar-refractivity contribution in [2.24, 2.45) is 23.1 Å². The summed E-state index contributed by atoms with van der Waals surface area (Å²) in [6.45, 7) is 8.33. The van der Waals surface area contributed by atoms with E-state index in [0.29, 0.717) is 17.4 Å². The number of amides is 7. The fraction of sp³-hybridized carbons (Fsp3) is 0.574. The van der Waals surface area contributed by atoms with E-state index in [9.17, 15) is 43.5 Å². The van der Waals surface area contributed by atoms with E-state index in [0.717, 1.165) is 5.56 Å². The summed E-state index contributed by atoms with van der Waals surface area (Å²) in [4.78, 5) is 111. The third-order valence-corrected chi connectivity index (χ3v) is 11.4. The van der Waals surface area contributed by atoms with Crippen molar-refractivity contribution >= 4 is 47.6 Å². The number of aldehydes is 1. The summed E-state index contributed by atoms with van der Waals surface area (Å²) >= 11 is 0. The molecule has 1 aliphatic rings. The molecule has 0 unspecified atom stereocenters. The van der Waals surface area contributed by atoms with Gasteiger partial charge in [-0.3, -0.25) is 33.6 Å². The van der Waals surface area contributed by atoms with Crippen molar-refractivity contribution in [3.05, 3.63) is 71.3 Å². The Balaban J connectivity index is 2.11.